The third kappa shape index (κ3) is 2.77. The Hall–Kier alpha value is -0.860. The third-order valence-electron chi connectivity index (χ3n) is 5.43. The first kappa shape index (κ1) is 14.1. The summed E-state index contributed by atoms with van der Waals surface area (Å²) in [5.74, 6) is 0.809. The summed E-state index contributed by atoms with van der Waals surface area (Å²) in [5.41, 5.74) is 2.07. The zero-order valence-electron chi connectivity index (χ0n) is 13.1. The van der Waals surface area contributed by atoms with Gasteiger partial charge in [0, 0.05) is 31.7 Å². The molecule has 0 amide bonds. The van der Waals surface area contributed by atoms with Crippen molar-refractivity contribution in [1.29, 1.82) is 0 Å². The van der Waals surface area contributed by atoms with E-state index in [9.17, 15) is 0 Å². The molecule has 1 heterocycles. The van der Waals surface area contributed by atoms with Gasteiger partial charge in [-0.1, -0.05) is 44.2 Å². The summed E-state index contributed by atoms with van der Waals surface area (Å²) in [6, 6.07) is 12.2. The first-order valence-corrected chi connectivity index (χ1v) is 8.13. The highest BCUT2D eigenvalue weighted by molar-refractivity contribution is 5.20. The van der Waals surface area contributed by atoms with Gasteiger partial charge in [-0.2, -0.15) is 0 Å². The average molecular weight is 272 g/mol. The number of hydrogen-bond acceptors (Lipinski definition) is 2. The zero-order chi connectivity index (χ0) is 14.2. The number of nitrogens with one attached hydrogen (secondary N) is 1. The second-order valence-corrected chi connectivity index (χ2v) is 7.18. The highest BCUT2D eigenvalue weighted by Gasteiger charge is 2.47. The molecule has 3 rings (SSSR count). The highest BCUT2D eigenvalue weighted by atomic mass is 15.2. The van der Waals surface area contributed by atoms with Crippen LogP contribution in [0, 0.1) is 11.3 Å². The predicted octanol–water partition coefficient (Wildman–Crippen LogP) is 3.46. The largest absolute Gasteiger partial charge is 0.311 e. The van der Waals surface area contributed by atoms with E-state index in [0.29, 0.717) is 17.5 Å². The molecule has 1 N–H and O–H groups in total. The highest BCUT2D eigenvalue weighted by Crippen LogP contribution is 2.53. The van der Waals surface area contributed by atoms with E-state index in [-0.39, 0.29) is 0 Å². The summed E-state index contributed by atoms with van der Waals surface area (Å²) in [6.07, 6.45) is 2.84. The number of nitrogens with zero attached hydrogens (tertiary/aromatic N) is 1. The smallest absolute Gasteiger partial charge is 0.0473 e. The van der Waals surface area contributed by atoms with Crippen molar-refractivity contribution >= 4 is 0 Å². The van der Waals surface area contributed by atoms with Crippen LogP contribution < -0.4 is 5.32 Å². The van der Waals surface area contributed by atoms with Crippen molar-refractivity contribution in [2.45, 2.75) is 45.7 Å². The van der Waals surface area contributed by atoms with Crippen LogP contribution in [0.5, 0.6) is 0 Å². The number of rotatable bonds is 4. The van der Waals surface area contributed by atoms with Crippen molar-refractivity contribution in [2.24, 2.45) is 11.3 Å². The lowest BCUT2D eigenvalue weighted by Crippen LogP contribution is -2.52. The maximum Gasteiger partial charge on any atom is 0.0473 e. The predicted molar refractivity (Wildman–Crippen MR) is 84.7 cm³/mol. The molecule has 2 nitrogen and oxygen atoms in total. The normalized spacial score (nSPS) is 29.6. The Morgan fingerprint density at radius 1 is 1.25 bits per heavy atom. The molecule has 0 spiro atoms. The van der Waals surface area contributed by atoms with Crippen molar-refractivity contribution in [3.05, 3.63) is 35.9 Å². The minimum absolute atomic E-state index is 0.545. The second-order valence-electron chi connectivity index (χ2n) is 7.18. The van der Waals surface area contributed by atoms with E-state index in [1.54, 1.807) is 0 Å². The Bertz CT molecular complexity index is 436. The van der Waals surface area contributed by atoms with Gasteiger partial charge in [0.2, 0.25) is 0 Å². The Balaban J connectivity index is 1.77. The Labute approximate surface area is 123 Å². The SMILES string of the molecule is CC1CN(CC2(C(C)C)CC2)C(c2ccccc2)CN1. The van der Waals surface area contributed by atoms with Crippen LogP contribution in [0.15, 0.2) is 30.3 Å². The van der Waals surface area contributed by atoms with E-state index in [2.05, 4.69) is 61.3 Å². The Morgan fingerprint density at radius 3 is 2.55 bits per heavy atom. The molecule has 1 aromatic carbocycles. The van der Waals surface area contributed by atoms with Crippen LogP contribution in [0.1, 0.15) is 45.2 Å². The van der Waals surface area contributed by atoms with E-state index in [1.807, 2.05) is 0 Å². The zero-order valence-corrected chi connectivity index (χ0v) is 13.1. The van der Waals surface area contributed by atoms with Crippen molar-refractivity contribution in [1.82, 2.24) is 10.2 Å². The maximum atomic E-state index is 3.65. The maximum absolute atomic E-state index is 3.65. The molecule has 0 aromatic heterocycles. The lowest BCUT2D eigenvalue weighted by Gasteiger charge is -2.42. The molecule has 2 fully saturated rings. The summed E-state index contributed by atoms with van der Waals surface area (Å²) in [7, 11) is 0. The van der Waals surface area contributed by atoms with E-state index >= 15 is 0 Å². The molecule has 2 atom stereocenters. The minimum atomic E-state index is 0.545. The summed E-state index contributed by atoms with van der Waals surface area (Å²) < 4.78 is 0. The molecule has 0 bridgehead atoms. The fourth-order valence-electron chi connectivity index (χ4n) is 3.65. The lowest BCUT2D eigenvalue weighted by atomic mass is 9.90. The molecule has 20 heavy (non-hydrogen) atoms. The van der Waals surface area contributed by atoms with Crippen molar-refractivity contribution in [3.8, 4) is 0 Å². The monoisotopic (exact) mass is 272 g/mol. The standard InChI is InChI=1S/C18H28N2/c1-14(2)18(9-10-18)13-20-12-15(3)19-11-17(20)16-7-5-4-6-8-16/h4-8,14-15,17,19H,9-13H2,1-3H3. The Kier molecular flexibility index (Phi) is 3.87. The minimum Gasteiger partial charge on any atom is -0.311 e. The average Bonchev–Trinajstić information content (AvgIpc) is 3.21. The van der Waals surface area contributed by atoms with Crippen molar-refractivity contribution in [2.75, 3.05) is 19.6 Å². The van der Waals surface area contributed by atoms with Gasteiger partial charge in [-0.15, -0.1) is 0 Å². The van der Waals surface area contributed by atoms with Gasteiger partial charge in [0.1, 0.15) is 0 Å². The van der Waals surface area contributed by atoms with Gasteiger partial charge in [0.05, 0.1) is 0 Å². The molecule has 1 aliphatic carbocycles. The molecule has 1 saturated heterocycles. The van der Waals surface area contributed by atoms with E-state index < -0.39 is 0 Å². The van der Waals surface area contributed by atoms with E-state index in [0.717, 1.165) is 12.5 Å². The number of piperazine rings is 1. The van der Waals surface area contributed by atoms with Crippen LogP contribution >= 0.6 is 0 Å². The van der Waals surface area contributed by atoms with Gasteiger partial charge >= 0.3 is 0 Å². The third-order valence-corrected chi connectivity index (χ3v) is 5.43. The molecular weight excluding hydrogens is 244 g/mol. The second kappa shape index (κ2) is 5.50. The molecule has 0 radical (unpaired) electrons. The van der Waals surface area contributed by atoms with Crippen LogP contribution in [0.25, 0.3) is 0 Å². The summed E-state index contributed by atoms with van der Waals surface area (Å²) in [5, 5.41) is 3.65. The van der Waals surface area contributed by atoms with Gasteiger partial charge in [0.15, 0.2) is 0 Å². The van der Waals surface area contributed by atoms with Gasteiger partial charge < -0.3 is 5.32 Å². The van der Waals surface area contributed by atoms with Crippen LogP contribution in [0.3, 0.4) is 0 Å². The van der Waals surface area contributed by atoms with Crippen molar-refractivity contribution in [3.63, 3.8) is 0 Å². The lowest BCUT2D eigenvalue weighted by molar-refractivity contribution is 0.0937. The molecule has 2 aliphatic rings. The van der Waals surface area contributed by atoms with E-state index in [4.69, 9.17) is 0 Å². The molecule has 110 valence electrons. The molecule has 2 unspecified atom stereocenters. The molecular formula is C18H28N2. The molecule has 1 saturated carbocycles. The fraction of sp³-hybridized carbons (Fsp3) is 0.667. The first-order chi connectivity index (χ1) is 9.61. The van der Waals surface area contributed by atoms with Crippen molar-refractivity contribution < 1.29 is 0 Å². The Morgan fingerprint density at radius 2 is 1.95 bits per heavy atom. The number of hydrogen-bond donors (Lipinski definition) is 1. The van der Waals surface area contributed by atoms with Gasteiger partial charge in [-0.05, 0) is 36.7 Å². The summed E-state index contributed by atoms with van der Waals surface area (Å²) in [4.78, 5) is 2.74. The van der Waals surface area contributed by atoms with E-state index in [1.165, 1.54) is 31.5 Å². The van der Waals surface area contributed by atoms with Gasteiger partial charge in [-0.3, -0.25) is 4.90 Å². The molecule has 2 heteroatoms. The van der Waals surface area contributed by atoms with Crippen LogP contribution in [-0.4, -0.2) is 30.6 Å². The molecule has 1 aromatic rings. The summed E-state index contributed by atoms with van der Waals surface area (Å²) >= 11 is 0. The summed E-state index contributed by atoms with van der Waals surface area (Å²) in [6.45, 7) is 10.6. The van der Waals surface area contributed by atoms with Crippen LogP contribution in [0.2, 0.25) is 0 Å². The van der Waals surface area contributed by atoms with Gasteiger partial charge in [-0.25, -0.2) is 0 Å². The number of benzene rings is 1. The van der Waals surface area contributed by atoms with Crippen LogP contribution in [-0.2, 0) is 0 Å². The fourth-order valence-corrected chi connectivity index (χ4v) is 3.65. The first-order valence-electron chi connectivity index (χ1n) is 8.13. The molecule has 1 aliphatic heterocycles. The topological polar surface area (TPSA) is 15.3 Å². The van der Waals surface area contributed by atoms with Crippen LogP contribution in [0.4, 0.5) is 0 Å². The van der Waals surface area contributed by atoms with Gasteiger partial charge in [0.25, 0.3) is 0 Å². The quantitative estimate of drug-likeness (QED) is 0.903.